The van der Waals surface area contributed by atoms with Crippen LogP contribution >= 0.6 is 0 Å². The van der Waals surface area contributed by atoms with E-state index in [0.717, 1.165) is 0 Å². The minimum absolute atomic E-state index is 0.0301. The third kappa shape index (κ3) is 3.89. The summed E-state index contributed by atoms with van der Waals surface area (Å²) >= 11 is 0. The number of hydrogen-bond donors (Lipinski definition) is 1. The first-order chi connectivity index (χ1) is 8.56. The van der Waals surface area contributed by atoms with Crippen LogP contribution in [-0.4, -0.2) is 30.4 Å². The molecule has 0 aromatic heterocycles. The molecule has 0 spiro atoms. The van der Waals surface area contributed by atoms with Crippen molar-refractivity contribution in [3.63, 3.8) is 0 Å². The summed E-state index contributed by atoms with van der Waals surface area (Å²) in [5, 5.41) is 2.82. The number of rotatable bonds is 7. The van der Waals surface area contributed by atoms with Gasteiger partial charge in [0.05, 0.1) is 6.04 Å². The summed E-state index contributed by atoms with van der Waals surface area (Å²) in [5.74, 6) is -0.978. The van der Waals surface area contributed by atoms with Crippen LogP contribution in [0.3, 0.4) is 0 Å². The van der Waals surface area contributed by atoms with Crippen molar-refractivity contribution in [3.8, 4) is 0 Å². The highest BCUT2D eigenvalue weighted by molar-refractivity contribution is 6.43. The lowest BCUT2D eigenvalue weighted by Crippen LogP contribution is -2.33. The first-order valence-corrected chi connectivity index (χ1v) is 5.86. The number of hydrogen-bond acceptors (Lipinski definition) is 4. The van der Waals surface area contributed by atoms with Crippen molar-refractivity contribution in [2.75, 3.05) is 7.05 Å². The molecule has 0 bridgehead atoms. The number of Topliss-reactive ketones (excluding diaryl/α,β-unsaturated/α-hetero) is 3. The van der Waals surface area contributed by atoms with Crippen LogP contribution < -0.4 is 5.32 Å². The maximum Gasteiger partial charge on any atom is 0.228 e. The lowest BCUT2D eigenvalue weighted by atomic mass is 10.0. The van der Waals surface area contributed by atoms with E-state index >= 15 is 0 Å². The molecule has 18 heavy (non-hydrogen) atoms. The van der Waals surface area contributed by atoms with Gasteiger partial charge in [-0.25, -0.2) is 0 Å². The molecule has 1 aromatic carbocycles. The Hall–Kier alpha value is -1.81. The molecule has 0 heterocycles. The molecule has 0 saturated carbocycles. The van der Waals surface area contributed by atoms with E-state index in [1.807, 2.05) is 0 Å². The quantitative estimate of drug-likeness (QED) is 0.584. The molecule has 0 fully saturated rings. The molecule has 4 heteroatoms. The summed E-state index contributed by atoms with van der Waals surface area (Å²) in [6.45, 7) is 1.46. The average molecular weight is 247 g/mol. The van der Waals surface area contributed by atoms with Crippen molar-refractivity contribution < 1.29 is 14.4 Å². The van der Waals surface area contributed by atoms with Crippen LogP contribution in [0.2, 0.25) is 0 Å². The molecule has 0 aliphatic heterocycles. The first kappa shape index (κ1) is 14.3. The normalized spacial score (nSPS) is 11.9. The zero-order valence-electron chi connectivity index (χ0n) is 10.6. The predicted octanol–water partition coefficient (Wildman–Crippen LogP) is 1.40. The zero-order valence-corrected chi connectivity index (χ0v) is 10.6. The average Bonchev–Trinajstić information content (AvgIpc) is 2.39. The van der Waals surface area contributed by atoms with E-state index in [0.29, 0.717) is 12.0 Å². The highest BCUT2D eigenvalue weighted by Crippen LogP contribution is 2.06. The van der Waals surface area contributed by atoms with Crippen molar-refractivity contribution in [1.29, 1.82) is 0 Å². The second kappa shape index (κ2) is 6.81. The van der Waals surface area contributed by atoms with E-state index in [-0.39, 0.29) is 18.2 Å². The van der Waals surface area contributed by atoms with Gasteiger partial charge in [-0.2, -0.15) is 0 Å². The van der Waals surface area contributed by atoms with Crippen molar-refractivity contribution in [2.45, 2.75) is 25.8 Å². The minimum Gasteiger partial charge on any atom is -0.311 e. The van der Waals surface area contributed by atoms with Crippen LogP contribution in [0, 0.1) is 0 Å². The van der Waals surface area contributed by atoms with E-state index in [1.54, 1.807) is 37.4 Å². The molecule has 0 aliphatic carbocycles. The molecule has 1 rings (SSSR count). The third-order valence-electron chi connectivity index (χ3n) is 2.79. The summed E-state index contributed by atoms with van der Waals surface area (Å²) in [5.41, 5.74) is 0.395. The van der Waals surface area contributed by atoms with E-state index < -0.39 is 11.6 Å². The predicted molar refractivity (Wildman–Crippen MR) is 68.5 cm³/mol. The molecule has 1 aromatic rings. The molecule has 1 N–H and O–H groups in total. The Morgan fingerprint density at radius 2 is 1.78 bits per heavy atom. The van der Waals surface area contributed by atoms with Crippen molar-refractivity contribution in [2.24, 2.45) is 0 Å². The van der Waals surface area contributed by atoms with Gasteiger partial charge in [-0.05, 0) is 20.4 Å². The van der Waals surface area contributed by atoms with Gasteiger partial charge in [-0.1, -0.05) is 30.3 Å². The first-order valence-electron chi connectivity index (χ1n) is 5.86. The maximum atomic E-state index is 11.8. The van der Waals surface area contributed by atoms with Crippen LogP contribution in [0.5, 0.6) is 0 Å². The van der Waals surface area contributed by atoms with Gasteiger partial charge in [0.15, 0.2) is 0 Å². The van der Waals surface area contributed by atoms with Crippen LogP contribution in [0.15, 0.2) is 30.3 Å². The molecule has 0 radical (unpaired) electrons. The van der Waals surface area contributed by atoms with E-state index in [9.17, 15) is 14.4 Å². The largest absolute Gasteiger partial charge is 0.311 e. The van der Waals surface area contributed by atoms with Gasteiger partial charge in [-0.3, -0.25) is 14.4 Å². The second-order valence-electron chi connectivity index (χ2n) is 4.11. The van der Waals surface area contributed by atoms with Gasteiger partial charge >= 0.3 is 0 Å². The number of nitrogens with one attached hydrogen (secondary N) is 1. The molecule has 4 nitrogen and oxygen atoms in total. The number of benzene rings is 1. The monoisotopic (exact) mass is 247 g/mol. The van der Waals surface area contributed by atoms with Crippen LogP contribution in [0.25, 0.3) is 0 Å². The SMILES string of the molecule is CN[C@@H](CCC(=O)C(=O)c1ccccc1)C(C)=O. The highest BCUT2D eigenvalue weighted by atomic mass is 16.2. The maximum absolute atomic E-state index is 11.8. The summed E-state index contributed by atoms with van der Waals surface area (Å²) < 4.78 is 0. The second-order valence-corrected chi connectivity index (χ2v) is 4.11. The van der Waals surface area contributed by atoms with Crippen molar-refractivity contribution >= 4 is 17.3 Å². The summed E-state index contributed by atoms with van der Waals surface area (Å²) in [6, 6.07) is 8.08. The fourth-order valence-electron chi connectivity index (χ4n) is 1.69. The lowest BCUT2D eigenvalue weighted by molar-refractivity contribution is -0.119. The highest BCUT2D eigenvalue weighted by Gasteiger charge is 2.19. The smallest absolute Gasteiger partial charge is 0.228 e. The topological polar surface area (TPSA) is 63.2 Å². The van der Waals surface area contributed by atoms with Crippen LogP contribution in [0.1, 0.15) is 30.1 Å². The number of carbonyl (C=O) groups excluding carboxylic acids is 3. The van der Waals surface area contributed by atoms with Gasteiger partial charge in [0.25, 0.3) is 0 Å². The van der Waals surface area contributed by atoms with Gasteiger partial charge in [0, 0.05) is 12.0 Å². The Morgan fingerprint density at radius 3 is 2.28 bits per heavy atom. The van der Waals surface area contributed by atoms with Crippen molar-refractivity contribution in [3.05, 3.63) is 35.9 Å². The van der Waals surface area contributed by atoms with Gasteiger partial charge in [-0.15, -0.1) is 0 Å². The van der Waals surface area contributed by atoms with Gasteiger partial charge in [0.2, 0.25) is 11.6 Å². The Bertz CT molecular complexity index is 440. The molecule has 0 unspecified atom stereocenters. The number of carbonyl (C=O) groups is 3. The molecular weight excluding hydrogens is 230 g/mol. The third-order valence-corrected chi connectivity index (χ3v) is 2.79. The molecule has 0 amide bonds. The Balaban J connectivity index is 2.56. The molecule has 1 atom stereocenters. The zero-order chi connectivity index (χ0) is 13.5. The molecule has 96 valence electrons. The summed E-state index contributed by atoms with van der Waals surface area (Å²) in [6.07, 6.45) is 0.433. The Kier molecular flexibility index (Phi) is 5.39. The lowest BCUT2D eigenvalue weighted by Gasteiger charge is -2.11. The van der Waals surface area contributed by atoms with E-state index in [4.69, 9.17) is 0 Å². The number of ketones is 3. The minimum atomic E-state index is -0.492. The van der Waals surface area contributed by atoms with Crippen LogP contribution in [0.4, 0.5) is 0 Å². The van der Waals surface area contributed by atoms with Crippen molar-refractivity contribution in [1.82, 2.24) is 5.32 Å². The fraction of sp³-hybridized carbons (Fsp3) is 0.357. The van der Waals surface area contributed by atoms with Gasteiger partial charge in [0.1, 0.15) is 5.78 Å². The molecular formula is C14H17NO3. The van der Waals surface area contributed by atoms with Gasteiger partial charge < -0.3 is 5.32 Å². The van der Waals surface area contributed by atoms with E-state index in [1.165, 1.54) is 6.92 Å². The molecule has 0 aliphatic rings. The molecule has 0 saturated heterocycles. The summed E-state index contributed by atoms with van der Waals surface area (Å²) in [7, 11) is 1.66. The Labute approximate surface area is 106 Å². The standard InChI is InChI=1S/C14H17NO3/c1-10(16)12(15-2)8-9-13(17)14(18)11-6-4-3-5-7-11/h3-7,12,15H,8-9H2,1-2H3/t12-/m0/s1. The summed E-state index contributed by atoms with van der Waals surface area (Å²) in [4.78, 5) is 34.6. The number of likely N-dealkylation sites (N-methyl/N-ethyl adjacent to an activating group) is 1. The van der Waals surface area contributed by atoms with E-state index in [2.05, 4.69) is 5.32 Å². The fourth-order valence-corrected chi connectivity index (χ4v) is 1.69. The van der Waals surface area contributed by atoms with Crippen LogP contribution in [-0.2, 0) is 9.59 Å². The Morgan fingerprint density at radius 1 is 1.17 bits per heavy atom.